The number of carbonyl (C=O) groups is 1. The van der Waals surface area contributed by atoms with E-state index in [0.29, 0.717) is 30.2 Å². The third-order valence-electron chi connectivity index (χ3n) is 5.06. The van der Waals surface area contributed by atoms with Crippen molar-refractivity contribution in [3.05, 3.63) is 12.3 Å². The Balaban J connectivity index is 1.49. The summed E-state index contributed by atoms with van der Waals surface area (Å²) in [5, 5.41) is 0. The molecule has 2 atom stereocenters. The normalized spacial score (nSPS) is 25.1. The number of carbonyl (C=O) groups excluding carboxylic acids is 1. The summed E-state index contributed by atoms with van der Waals surface area (Å²) in [6.07, 6.45) is 2.94. The van der Waals surface area contributed by atoms with Crippen LogP contribution in [0, 0.1) is 11.8 Å². The molecular weight excluding hydrogens is 318 g/mol. The lowest BCUT2D eigenvalue weighted by Gasteiger charge is -2.38. The summed E-state index contributed by atoms with van der Waals surface area (Å²) in [4.78, 5) is 27.8. The first-order valence-electron chi connectivity index (χ1n) is 9.17. The molecular formula is C18H29N5O2. The summed E-state index contributed by atoms with van der Waals surface area (Å²) in [5.41, 5.74) is 0. The summed E-state index contributed by atoms with van der Waals surface area (Å²) in [6, 6.07) is 1.75. The van der Waals surface area contributed by atoms with Crippen molar-refractivity contribution < 1.29 is 9.53 Å². The third-order valence-corrected chi connectivity index (χ3v) is 5.06. The molecule has 3 heterocycles. The van der Waals surface area contributed by atoms with Gasteiger partial charge in [-0.15, -0.1) is 0 Å². The number of hydrogen-bond acceptors (Lipinski definition) is 6. The quantitative estimate of drug-likeness (QED) is 0.813. The average Bonchev–Trinajstić information content (AvgIpc) is 2.61. The van der Waals surface area contributed by atoms with Gasteiger partial charge in [-0.2, -0.15) is 4.98 Å². The highest BCUT2D eigenvalue weighted by Gasteiger charge is 2.27. The number of anilines is 1. The van der Waals surface area contributed by atoms with Crippen LogP contribution in [0.2, 0.25) is 0 Å². The van der Waals surface area contributed by atoms with Crippen molar-refractivity contribution in [1.82, 2.24) is 19.8 Å². The van der Waals surface area contributed by atoms with Crippen molar-refractivity contribution in [1.29, 1.82) is 0 Å². The molecule has 1 aromatic heterocycles. The van der Waals surface area contributed by atoms with E-state index in [9.17, 15) is 4.79 Å². The summed E-state index contributed by atoms with van der Waals surface area (Å²) >= 11 is 0. The monoisotopic (exact) mass is 347 g/mol. The van der Waals surface area contributed by atoms with Gasteiger partial charge in [0, 0.05) is 51.5 Å². The minimum Gasteiger partial charge on any atom is -0.481 e. The Bertz CT molecular complexity index is 579. The first-order valence-corrected chi connectivity index (χ1v) is 9.17. The molecule has 7 heteroatoms. The van der Waals surface area contributed by atoms with Crippen molar-refractivity contribution in [2.24, 2.45) is 11.8 Å². The Hall–Kier alpha value is -1.89. The smallest absolute Gasteiger partial charge is 0.236 e. The molecule has 0 bridgehead atoms. The number of ether oxygens (including phenoxy) is 1. The number of aromatic nitrogens is 2. The Morgan fingerprint density at radius 3 is 2.52 bits per heavy atom. The van der Waals surface area contributed by atoms with E-state index in [-0.39, 0.29) is 5.91 Å². The van der Waals surface area contributed by atoms with Gasteiger partial charge in [-0.1, -0.05) is 13.8 Å². The van der Waals surface area contributed by atoms with Gasteiger partial charge in [0.1, 0.15) is 0 Å². The number of hydrogen-bond donors (Lipinski definition) is 0. The molecule has 0 N–H and O–H groups in total. The van der Waals surface area contributed by atoms with E-state index in [0.717, 1.165) is 39.3 Å². The molecule has 7 nitrogen and oxygen atoms in total. The van der Waals surface area contributed by atoms with Crippen molar-refractivity contribution in [2.45, 2.75) is 20.3 Å². The molecule has 2 aliphatic rings. The predicted molar refractivity (Wildman–Crippen MR) is 96.8 cm³/mol. The molecule has 0 spiro atoms. The highest BCUT2D eigenvalue weighted by molar-refractivity contribution is 5.78. The molecule has 1 aromatic rings. The van der Waals surface area contributed by atoms with Crippen LogP contribution in [-0.2, 0) is 4.79 Å². The minimum absolute atomic E-state index is 0.268. The summed E-state index contributed by atoms with van der Waals surface area (Å²) in [6.45, 7) is 10.2. The zero-order valence-electron chi connectivity index (χ0n) is 15.5. The molecule has 2 saturated heterocycles. The number of nitrogens with zero attached hydrogens (tertiary/aromatic N) is 5. The maximum absolute atomic E-state index is 12.6. The summed E-state index contributed by atoms with van der Waals surface area (Å²) < 4.78 is 5.17. The maximum Gasteiger partial charge on any atom is 0.236 e. The number of rotatable bonds is 4. The second kappa shape index (κ2) is 7.99. The summed E-state index contributed by atoms with van der Waals surface area (Å²) in [7, 11) is 1.61. The number of amides is 1. The van der Waals surface area contributed by atoms with Gasteiger partial charge in [0.2, 0.25) is 17.7 Å². The van der Waals surface area contributed by atoms with Crippen LogP contribution < -0.4 is 9.64 Å². The third kappa shape index (κ3) is 4.60. The molecule has 138 valence electrons. The predicted octanol–water partition coefficient (Wildman–Crippen LogP) is 1.11. The molecule has 1 amide bonds. The van der Waals surface area contributed by atoms with Gasteiger partial charge < -0.3 is 14.5 Å². The Morgan fingerprint density at radius 2 is 1.88 bits per heavy atom. The fourth-order valence-corrected chi connectivity index (χ4v) is 3.86. The van der Waals surface area contributed by atoms with E-state index in [1.807, 2.05) is 0 Å². The molecule has 25 heavy (non-hydrogen) atoms. The van der Waals surface area contributed by atoms with Crippen molar-refractivity contribution in [2.75, 3.05) is 57.8 Å². The van der Waals surface area contributed by atoms with E-state index < -0.39 is 0 Å². The van der Waals surface area contributed by atoms with Crippen LogP contribution in [0.1, 0.15) is 20.3 Å². The highest BCUT2D eigenvalue weighted by atomic mass is 16.5. The zero-order chi connectivity index (χ0) is 17.8. The highest BCUT2D eigenvalue weighted by Crippen LogP contribution is 2.21. The lowest BCUT2D eigenvalue weighted by Crippen LogP contribution is -2.52. The summed E-state index contributed by atoms with van der Waals surface area (Å²) in [5.74, 6) is 2.76. The average molecular weight is 347 g/mol. The Morgan fingerprint density at radius 1 is 1.20 bits per heavy atom. The molecule has 0 aliphatic carbocycles. The Labute approximate surface area is 150 Å². The van der Waals surface area contributed by atoms with Crippen molar-refractivity contribution in [3.8, 4) is 5.88 Å². The van der Waals surface area contributed by atoms with Crippen LogP contribution >= 0.6 is 0 Å². The van der Waals surface area contributed by atoms with Crippen LogP contribution in [0.5, 0.6) is 5.88 Å². The fraction of sp³-hybridized carbons (Fsp3) is 0.722. The van der Waals surface area contributed by atoms with E-state index in [1.165, 1.54) is 6.42 Å². The first kappa shape index (κ1) is 17.9. The molecule has 0 radical (unpaired) electrons. The molecule has 2 fully saturated rings. The van der Waals surface area contributed by atoms with E-state index >= 15 is 0 Å². The lowest BCUT2D eigenvalue weighted by atomic mass is 9.92. The molecule has 3 rings (SSSR count). The lowest BCUT2D eigenvalue weighted by molar-refractivity contribution is -0.135. The number of methoxy groups -OCH3 is 1. The zero-order valence-corrected chi connectivity index (χ0v) is 15.5. The van der Waals surface area contributed by atoms with Crippen molar-refractivity contribution in [3.63, 3.8) is 0 Å². The molecule has 0 saturated carbocycles. The SMILES string of the molecule is COc1ccnc(N2CCN(CC(=O)N3CC(C)CC(C)C3)CC2)n1. The van der Waals surface area contributed by atoms with Crippen LogP contribution in [0.3, 0.4) is 0 Å². The van der Waals surface area contributed by atoms with Gasteiger partial charge in [0.15, 0.2) is 0 Å². The van der Waals surface area contributed by atoms with E-state index in [2.05, 4.69) is 38.5 Å². The maximum atomic E-state index is 12.6. The van der Waals surface area contributed by atoms with E-state index in [4.69, 9.17) is 4.74 Å². The Kier molecular flexibility index (Phi) is 5.73. The van der Waals surface area contributed by atoms with E-state index in [1.54, 1.807) is 19.4 Å². The van der Waals surface area contributed by atoms with Crippen molar-refractivity contribution >= 4 is 11.9 Å². The number of piperazine rings is 1. The first-order chi connectivity index (χ1) is 12.0. The van der Waals surface area contributed by atoms with Gasteiger partial charge in [0.05, 0.1) is 13.7 Å². The van der Waals surface area contributed by atoms with Gasteiger partial charge in [-0.3, -0.25) is 9.69 Å². The van der Waals surface area contributed by atoms with Crippen LogP contribution in [0.4, 0.5) is 5.95 Å². The van der Waals surface area contributed by atoms with Crippen LogP contribution in [-0.4, -0.2) is 78.6 Å². The standard InChI is InChI=1S/C18H29N5O2/c1-14-10-15(2)12-23(11-14)17(24)13-21-6-8-22(9-7-21)18-19-5-4-16(20-18)25-3/h4-5,14-15H,6-13H2,1-3H3. The van der Waals surface area contributed by atoms with Crippen LogP contribution in [0.25, 0.3) is 0 Å². The van der Waals surface area contributed by atoms with Gasteiger partial charge in [-0.05, 0) is 18.3 Å². The largest absolute Gasteiger partial charge is 0.481 e. The second-order valence-corrected chi connectivity index (χ2v) is 7.41. The topological polar surface area (TPSA) is 61.8 Å². The molecule has 2 aliphatic heterocycles. The molecule has 2 unspecified atom stereocenters. The van der Waals surface area contributed by atoms with Gasteiger partial charge >= 0.3 is 0 Å². The van der Waals surface area contributed by atoms with Gasteiger partial charge in [-0.25, -0.2) is 4.98 Å². The second-order valence-electron chi connectivity index (χ2n) is 7.41. The fourth-order valence-electron chi connectivity index (χ4n) is 3.86. The number of piperidine rings is 1. The number of likely N-dealkylation sites (tertiary alicyclic amines) is 1. The minimum atomic E-state index is 0.268. The van der Waals surface area contributed by atoms with Gasteiger partial charge in [0.25, 0.3) is 0 Å². The molecule has 0 aromatic carbocycles. The van der Waals surface area contributed by atoms with Crippen LogP contribution in [0.15, 0.2) is 12.3 Å².